The van der Waals surface area contributed by atoms with Gasteiger partial charge in [0, 0.05) is 0 Å². The molecule has 124 valence electrons. The van der Waals surface area contributed by atoms with Gasteiger partial charge in [-0.05, 0) is 61.4 Å². The molecule has 1 unspecified atom stereocenters. The summed E-state index contributed by atoms with van der Waals surface area (Å²) in [7, 11) is -1.65. The molecule has 2 aromatic rings. The van der Waals surface area contributed by atoms with Crippen molar-refractivity contribution < 1.29 is 9.13 Å². The molecule has 0 amide bonds. The topological polar surface area (TPSA) is 9.23 Å². The highest BCUT2D eigenvalue weighted by atomic mass is 31.2. The Balaban J connectivity index is 2.02. The number of allylic oxidation sites excluding steroid dienone is 4. The molecule has 0 radical (unpaired) electrons. The summed E-state index contributed by atoms with van der Waals surface area (Å²) in [5.74, 6) is 0.726. The third-order valence-electron chi connectivity index (χ3n) is 4.46. The van der Waals surface area contributed by atoms with Crippen LogP contribution >= 0.6 is 7.26 Å². The lowest BCUT2D eigenvalue weighted by atomic mass is 10.2. The second-order valence-electron chi connectivity index (χ2n) is 5.98. The van der Waals surface area contributed by atoms with Crippen molar-refractivity contribution in [2.24, 2.45) is 0 Å². The lowest BCUT2D eigenvalue weighted by Crippen LogP contribution is -2.22. The fourth-order valence-corrected chi connectivity index (χ4v) is 6.41. The van der Waals surface area contributed by atoms with Gasteiger partial charge in [-0.1, -0.05) is 24.3 Å². The van der Waals surface area contributed by atoms with Gasteiger partial charge >= 0.3 is 0 Å². The van der Waals surface area contributed by atoms with Gasteiger partial charge in [-0.25, -0.2) is 4.39 Å². The molecule has 0 spiro atoms. The molecule has 0 saturated heterocycles. The average Bonchev–Trinajstić information content (AvgIpc) is 2.67. The zero-order chi connectivity index (χ0) is 16.8. The summed E-state index contributed by atoms with van der Waals surface area (Å²) < 4.78 is 17.7. The first-order chi connectivity index (χ1) is 11.7. The van der Waals surface area contributed by atoms with Crippen LogP contribution in [0.5, 0.6) is 5.75 Å². The number of halogens is 1. The third-order valence-corrected chi connectivity index (χ3v) is 8.49. The highest BCUT2D eigenvalue weighted by molar-refractivity contribution is 7.92. The molecule has 0 aromatic heterocycles. The van der Waals surface area contributed by atoms with Crippen LogP contribution in [-0.4, -0.2) is 19.9 Å². The molecule has 1 aliphatic rings. The Labute approximate surface area is 144 Å². The number of hydrogen-bond acceptors (Lipinski definition) is 1. The number of hydrogen-bond donors (Lipinski definition) is 0. The Bertz CT molecular complexity index is 721. The van der Waals surface area contributed by atoms with Crippen molar-refractivity contribution >= 4 is 17.9 Å². The normalized spacial score (nSPS) is 16.3. The highest BCUT2D eigenvalue weighted by Crippen LogP contribution is 2.61. The molecular weight excluding hydrogens is 318 g/mol. The molecule has 1 atom stereocenters. The second-order valence-corrected chi connectivity index (χ2v) is 9.54. The van der Waals surface area contributed by atoms with Crippen LogP contribution in [0.4, 0.5) is 4.39 Å². The van der Waals surface area contributed by atoms with E-state index in [4.69, 9.17) is 4.74 Å². The lowest BCUT2D eigenvalue weighted by molar-refractivity contribution is 0.273. The zero-order valence-electron chi connectivity index (χ0n) is 14.0. The molecule has 0 aliphatic heterocycles. The van der Waals surface area contributed by atoms with Crippen LogP contribution in [0.1, 0.15) is 12.8 Å². The molecule has 1 aliphatic carbocycles. The smallest absolute Gasteiger partial charge is 0.123 e. The van der Waals surface area contributed by atoms with Crippen molar-refractivity contribution in [3.05, 3.63) is 78.1 Å². The van der Waals surface area contributed by atoms with Gasteiger partial charge in [-0.15, -0.1) is 0 Å². The first-order valence-electron chi connectivity index (χ1n) is 8.34. The average molecular weight is 341 g/mol. The van der Waals surface area contributed by atoms with Crippen molar-refractivity contribution in [2.45, 2.75) is 12.8 Å². The fraction of sp³-hybridized carbons (Fsp3) is 0.238. The molecule has 0 bridgehead atoms. The molecule has 1 nitrogen and oxygen atoms in total. The summed E-state index contributed by atoms with van der Waals surface area (Å²) in [6.45, 7) is 2.02. The van der Waals surface area contributed by atoms with Gasteiger partial charge < -0.3 is 4.74 Å². The monoisotopic (exact) mass is 341 g/mol. The van der Waals surface area contributed by atoms with Crippen molar-refractivity contribution in [1.29, 1.82) is 0 Å². The minimum absolute atomic E-state index is 0.109. The SMILES string of the molecule is C[P+](C1=CCCC=C1)(c1ccccc1)c1ccc(OCCF)cc1. The molecule has 24 heavy (non-hydrogen) atoms. The largest absolute Gasteiger partial charge is 0.491 e. The van der Waals surface area contributed by atoms with E-state index in [-0.39, 0.29) is 6.61 Å². The van der Waals surface area contributed by atoms with Crippen LogP contribution in [0, 0.1) is 0 Å². The molecular formula is C21H23FOP+. The van der Waals surface area contributed by atoms with Crippen LogP contribution in [0.15, 0.2) is 78.1 Å². The fourth-order valence-electron chi connectivity index (χ4n) is 3.10. The zero-order valence-corrected chi connectivity index (χ0v) is 14.9. The van der Waals surface area contributed by atoms with Gasteiger partial charge in [0.2, 0.25) is 0 Å². The summed E-state index contributed by atoms with van der Waals surface area (Å²) in [4.78, 5) is 0. The van der Waals surface area contributed by atoms with Crippen LogP contribution in [0.3, 0.4) is 0 Å². The van der Waals surface area contributed by atoms with E-state index >= 15 is 0 Å². The van der Waals surface area contributed by atoms with Crippen molar-refractivity contribution in [1.82, 2.24) is 0 Å². The Hall–Kier alpha value is -1.92. The van der Waals surface area contributed by atoms with Gasteiger partial charge in [0.25, 0.3) is 0 Å². The Morgan fingerprint density at radius 1 is 0.958 bits per heavy atom. The first kappa shape index (κ1) is 16.9. The molecule has 0 N–H and O–H groups in total. The first-order valence-corrected chi connectivity index (χ1v) is 10.6. The highest BCUT2D eigenvalue weighted by Gasteiger charge is 2.41. The van der Waals surface area contributed by atoms with Gasteiger partial charge in [0.15, 0.2) is 0 Å². The van der Waals surface area contributed by atoms with Crippen LogP contribution in [-0.2, 0) is 0 Å². The van der Waals surface area contributed by atoms with E-state index in [9.17, 15) is 4.39 Å². The van der Waals surface area contributed by atoms with Crippen LogP contribution in [0.25, 0.3) is 0 Å². The maximum absolute atomic E-state index is 12.3. The van der Waals surface area contributed by atoms with Crippen molar-refractivity contribution in [2.75, 3.05) is 19.9 Å². The van der Waals surface area contributed by atoms with E-state index in [1.54, 1.807) is 0 Å². The molecule has 2 aromatic carbocycles. The number of alkyl halides is 1. The number of benzene rings is 2. The van der Waals surface area contributed by atoms with E-state index in [1.807, 2.05) is 12.1 Å². The molecule has 3 heteroatoms. The summed E-state index contributed by atoms with van der Waals surface area (Å²) in [5.41, 5.74) is 0. The third kappa shape index (κ3) is 3.44. The van der Waals surface area contributed by atoms with Gasteiger partial charge in [-0.3, -0.25) is 0 Å². The van der Waals surface area contributed by atoms with Crippen molar-refractivity contribution in [3.63, 3.8) is 0 Å². The van der Waals surface area contributed by atoms with Crippen LogP contribution < -0.4 is 15.3 Å². The van der Waals surface area contributed by atoms with Gasteiger partial charge in [-0.2, -0.15) is 0 Å². The molecule has 0 fully saturated rings. The minimum Gasteiger partial charge on any atom is -0.491 e. The number of ether oxygens (including phenoxy) is 1. The quantitative estimate of drug-likeness (QED) is 0.681. The van der Waals surface area contributed by atoms with E-state index in [2.05, 4.69) is 67.4 Å². The van der Waals surface area contributed by atoms with E-state index in [1.165, 1.54) is 15.9 Å². The lowest BCUT2D eigenvalue weighted by Gasteiger charge is -2.25. The maximum Gasteiger partial charge on any atom is 0.123 e. The Morgan fingerprint density at radius 2 is 1.67 bits per heavy atom. The molecule has 0 saturated carbocycles. The van der Waals surface area contributed by atoms with Crippen LogP contribution in [0.2, 0.25) is 0 Å². The summed E-state index contributed by atoms with van der Waals surface area (Å²) in [6, 6.07) is 18.9. The van der Waals surface area contributed by atoms with Gasteiger partial charge in [0.05, 0.1) is 12.0 Å². The van der Waals surface area contributed by atoms with E-state index in [0.29, 0.717) is 0 Å². The predicted molar refractivity (Wildman–Crippen MR) is 103 cm³/mol. The summed E-state index contributed by atoms with van der Waals surface area (Å²) in [5, 5.41) is 4.12. The second kappa shape index (κ2) is 7.77. The van der Waals surface area contributed by atoms with Crippen molar-refractivity contribution in [3.8, 4) is 5.75 Å². The number of rotatable bonds is 6. The van der Waals surface area contributed by atoms with E-state index in [0.717, 1.165) is 18.6 Å². The van der Waals surface area contributed by atoms with Gasteiger partial charge in [0.1, 0.15) is 36.9 Å². The summed E-state index contributed by atoms with van der Waals surface area (Å²) in [6.07, 6.45) is 9.17. The maximum atomic E-state index is 12.3. The summed E-state index contributed by atoms with van der Waals surface area (Å²) >= 11 is 0. The molecule has 0 heterocycles. The Morgan fingerprint density at radius 3 is 2.29 bits per heavy atom. The standard InChI is InChI=1S/C21H23FOP/c1-24(19-8-4-2-5-9-19,20-10-6-3-7-11-20)21-14-12-18(13-15-21)23-17-16-22/h2,4-6,8-15H,3,7,16-17H2,1H3/q+1. The van der Waals surface area contributed by atoms with E-state index < -0.39 is 13.9 Å². The molecule has 3 rings (SSSR count). The predicted octanol–water partition coefficient (Wildman–Crippen LogP) is 4.87. The minimum atomic E-state index is -1.65. The Kier molecular flexibility index (Phi) is 5.48.